The van der Waals surface area contributed by atoms with Crippen LogP contribution in [0.3, 0.4) is 0 Å². The third kappa shape index (κ3) is 4.52. The maximum Gasteiger partial charge on any atom is 0.418 e. The van der Waals surface area contributed by atoms with E-state index in [4.69, 9.17) is 0 Å². The number of alkyl halides is 3. The van der Waals surface area contributed by atoms with E-state index >= 15 is 0 Å². The predicted octanol–water partition coefficient (Wildman–Crippen LogP) is 5.31. The zero-order valence-corrected chi connectivity index (χ0v) is 12.2. The predicted molar refractivity (Wildman–Crippen MR) is 71.7 cm³/mol. The Balaban J connectivity index is 2.96. The van der Waals surface area contributed by atoms with Gasteiger partial charge in [-0.1, -0.05) is 29.8 Å². The first-order valence-electron chi connectivity index (χ1n) is 5.83. The van der Waals surface area contributed by atoms with Gasteiger partial charge in [-0.05, 0) is 37.5 Å². The third-order valence-electron chi connectivity index (χ3n) is 2.51. The van der Waals surface area contributed by atoms with E-state index in [1.165, 1.54) is 12.1 Å². The van der Waals surface area contributed by atoms with Gasteiger partial charge in [-0.3, -0.25) is 0 Å². The fourth-order valence-electron chi connectivity index (χ4n) is 1.91. The van der Waals surface area contributed by atoms with E-state index in [-0.39, 0.29) is 11.7 Å². The number of benzene rings is 1. The van der Waals surface area contributed by atoms with Gasteiger partial charge in [0.2, 0.25) is 0 Å². The van der Waals surface area contributed by atoms with Crippen LogP contribution in [0.2, 0.25) is 0 Å². The summed E-state index contributed by atoms with van der Waals surface area (Å²) in [5.41, 5.74) is -0.494. The highest BCUT2D eigenvalue weighted by atomic mass is 79.9. The number of nitrogens with one attached hydrogen (secondary N) is 1. The molecule has 1 aromatic rings. The molecule has 18 heavy (non-hydrogen) atoms. The van der Waals surface area contributed by atoms with E-state index in [1.807, 2.05) is 20.8 Å². The number of anilines is 1. The summed E-state index contributed by atoms with van der Waals surface area (Å²) in [4.78, 5) is 0. The minimum Gasteiger partial charge on any atom is -0.382 e. The molecular weight excluding hydrogens is 307 g/mol. The molecule has 0 saturated heterocycles. The molecule has 1 N–H and O–H groups in total. The smallest absolute Gasteiger partial charge is 0.382 e. The third-order valence-corrected chi connectivity index (χ3v) is 3.01. The molecule has 1 aromatic carbocycles. The van der Waals surface area contributed by atoms with Crippen LogP contribution in [0.15, 0.2) is 22.7 Å². The number of hydrogen-bond acceptors (Lipinski definition) is 1. The molecular formula is C13H17BrF3N. The molecule has 1 atom stereocenters. The fourth-order valence-corrected chi connectivity index (χ4v) is 2.28. The van der Waals surface area contributed by atoms with Crippen molar-refractivity contribution in [2.75, 3.05) is 5.32 Å². The lowest BCUT2D eigenvalue weighted by atomic mass is 10.0. The molecule has 0 radical (unpaired) electrons. The van der Waals surface area contributed by atoms with Crippen molar-refractivity contribution in [3.8, 4) is 0 Å². The molecule has 0 spiro atoms. The number of hydrogen-bond donors (Lipinski definition) is 1. The van der Waals surface area contributed by atoms with Gasteiger partial charge < -0.3 is 5.32 Å². The molecule has 0 aliphatic carbocycles. The van der Waals surface area contributed by atoms with Crippen molar-refractivity contribution < 1.29 is 13.2 Å². The highest BCUT2D eigenvalue weighted by Gasteiger charge is 2.33. The molecule has 1 nitrogen and oxygen atoms in total. The first-order chi connectivity index (χ1) is 8.20. The van der Waals surface area contributed by atoms with Crippen LogP contribution < -0.4 is 5.32 Å². The first-order valence-corrected chi connectivity index (χ1v) is 6.62. The monoisotopic (exact) mass is 323 g/mol. The van der Waals surface area contributed by atoms with Crippen molar-refractivity contribution in [1.29, 1.82) is 0 Å². The molecule has 0 aliphatic rings. The Morgan fingerprint density at radius 1 is 1.22 bits per heavy atom. The molecule has 0 bridgehead atoms. The summed E-state index contributed by atoms with van der Waals surface area (Å²) in [5, 5.41) is 2.94. The molecule has 1 rings (SSSR count). The van der Waals surface area contributed by atoms with Gasteiger partial charge in [0.15, 0.2) is 0 Å². The lowest BCUT2D eigenvalue weighted by Gasteiger charge is -2.21. The van der Waals surface area contributed by atoms with Gasteiger partial charge in [0.05, 0.1) is 5.56 Å². The topological polar surface area (TPSA) is 12.0 Å². The Kier molecular flexibility index (Phi) is 5.08. The normalized spacial score (nSPS) is 13.8. The van der Waals surface area contributed by atoms with Gasteiger partial charge in [-0.15, -0.1) is 0 Å². The van der Waals surface area contributed by atoms with Gasteiger partial charge in [-0.2, -0.15) is 13.2 Å². The molecule has 5 heteroatoms. The van der Waals surface area contributed by atoms with Crippen molar-refractivity contribution in [2.45, 2.75) is 39.4 Å². The molecule has 102 valence electrons. The summed E-state index contributed by atoms with van der Waals surface area (Å²) in [5.74, 6) is 0.439. The SMILES string of the molecule is CC(C)CC(C)Nc1cc(Br)ccc1C(F)(F)F. The molecule has 0 aliphatic heterocycles. The highest BCUT2D eigenvalue weighted by Crippen LogP contribution is 2.36. The number of halogens is 4. The van der Waals surface area contributed by atoms with Gasteiger partial charge >= 0.3 is 6.18 Å². The Morgan fingerprint density at radius 2 is 1.83 bits per heavy atom. The summed E-state index contributed by atoms with van der Waals surface area (Å²) >= 11 is 3.20. The quantitative estimate of drug-likeness (QED) is 0.791. The van der Waals surface area contributed by atoms with Crippen LogP contribution in [0.5, 0.6) is 0 Å². The van der Waals surface area contributed by atoms with Crippen LogP contribution in [-0.4, -0.2) is 6.04 Å². The Hall–Kier alpha value is -0.710. The van der Waals surface area contributed by atoms with Gasteiger partial charge in [0, 0.05) is 16.2 Å². The lowest BCUT2D eigenvalue weighted by molar-refractivity contribution is -0.137. The van der Waals surface area contributed by atoms with Crippen molar-refractivity contribution in [3.63, 3.8) is 0 Å². The molecule has 0 saturated carbocycles. The summed E-state index contributed by atoms with van der Waals surface area (Å²) in [6.45, 7) is 5.98. The zero-order chi connectivity index (χ0) is 13.9. The minimum absolute atomic E-state index is 0.000370. The van der Waals surface area contributed by atoms with Crippen molar-refractivity contribution in [2.24, 2.45) is 5.92 Å². The van der Waals surface area contributed by atoms with Crippen LogP contribution in [0.4, 0.5) is 18.9 Å². The Morgan fingerprint density at radius 3 is 2.33 bits per heavy atom. The van der Waals surface area contributed by atoms with E-state index in [9.17, 15) is 13.2 Å². The second-order valence-electron chi connectivity index (χ2n) is 4.86. The summed E-state index contributed by atoms with van der Waals surface area (Å²) in [6.07, 6.45) is -3.51. The number of rotatable bonds is 4. The van der Waals surface area contributed by atoms with E-state index < -0.39 is 11.7 Å². The molecule has 1 unspecified atom stereocenters. The van der Waals surface area contributed by atoms with E-state index in [0.717, 1.165) is 12.5 Å². The average molecular weight is 324 g/mol. The minimum atomic E-state index is -4.33. The maximum atomic E-state index is 12.8. The van der Waals surface area contributed by atoms with Gasteiger partial charge in [0.1, 0.15) is 0 Å². The standard InChI is InChI=1S/C13H17BrF3N/c1-8(2)6-9(3)18-12-7-10(14)4-5-11(12)13(15,16)17/h4-5,7-9,18H,6H2,1-3H3. The van der Waals surface area contributed by atoms with Crippen molar-refractivity contribution in [3.05, 3.63) is 28.2 Å². The van der Waals surface area contributed by atoms with Crippen molar-refractivity contribution >= 4 is 21.6 Å². The van der Waals surface area contributed by atoms with Crippen LogP contribution >= 0.6 is 15.9 Å². The highest BCUT2D eigenvalue weighted by molar-refractivity contribution is 9.10. The second kappa shape index (κ2) is 5.95. The molecule has 0 amide bonds. The Labute approximate surface area is 114 Å². The van der Waals surface area contributed by atoms with Crippen LogP contribution in [-0.2, 0) is 6.18 Å². The zero-order valence-electron chi connectivity index (χ0n) is 10.6. The van der Waals surface area contributed by atoms with E-state index in [1.54, 1.807) is 0 Å². The van der Waals surface area contributed by atoms with Crippen molar-refractivity contribution in [1.82, 2.24) is 0 Å². The summed E-state index contributed by atoms with van der Waals surface area (Å²) in [6, 6.07) is 3.97. The Bertz CT molecular complexity index is 402. The first kappa shape index (κ1) is 15.3. The maximum absolute atomic E-state index is 12.8. The molecule has 0 fully saturated rings. The fraction of sp³-hybridized carbons (Fsp3) is 0.538. The molecule has 0 aromatic heterocycles. The summed E-state index contributed by atoms with van der Waals surface area (Å²) < 4.78 is 39.1. The van der Waals surface area contributed by atoms with Gasteiger partial charge in [-0.25, -0.2) is 0 Å². The van der Waals surface area contributed by atoms with Crippen LogP contribution in [0.25, 0.3) is 0 Å². The lowest BCUT2D eigenvalue weighted by Crippen LogP contribution is -2.20. The van der Waals surface area contributed by atoms with Crippen LogP contribution in [0.1, 0.15) is 32.8 Å². The van der Waals surface area contributed by atoms with Crippen LogP contribution in [0, 0.1) is 5.92 Å². The van der Waals surface area contributed by atoms with Gasteiger partial charge in [0.25, 0.3) is 0 Å². The van der Waals surface area contributed by atoms with E-state index in [0.29, 0.717) is 10.4 Å². The average Bonchev–Trinajstić information content (AvgIpc) is 2.13. The molecule has 0 heterocycles. The van der Waals surface area contributed by atoms with E-state index in [2.05, 4.69) is 21.2 Å². The largest absolute Gasteiger partial charge is 0.418 e. The second-order valence-corrected chi connectivity index (χ2v) is 5.78. The summed E-state index contributed by atoms with van der Waals surface area (Å²) in [7, 11) is 0.